The van der Waals surface area contributed by atoms with E-state index in [1.807, 2.05) is 39.0 Å². The Bertz CT molecular complexity index is 1030. The van der Waals surface area contributed by atoms with Crippen molar-refractivity contribution in [2.24, 2.45) is 11.0 Å². The molecule has 2 aromatic carbocycles. The normalized spacial score (nSPS) is 11.8. The Balaban J connectivity index is 2.02. The van der Waals surface area contributed by atoms with Gasteiger partial charge >= 0.3 is 0 Å². The molecule has 1 atom stereocenters. The van der Waals surface area contributed by atoms with Crippen molar-refractivity contribution >= 4 is 18.0 Å². The Morgan fingerprint density at radius 1 is 1.21 bits per heavy atom. The van der Waals surface area contributed by atoms with E-state index in [0.717, 1.165) is 5.56 Å². The maximum Gasteiger partial charge on any atom is 0.262 e. The third-order valence-corrected chi connectivity index (χ3v) is 4.96. The number of allylic oxidation sites excluding steroid dienone is 1. The summed E-state index contributed by atoms with van der Waals surface area (Å²) in [7, 11) is 1.46. The second kappa shape index (κ2) is 13.0. The highest BCUT2D eigenvalue weighted by molar-refractivity contribution is 5.89. The molecule has 0 unspecified atom stereocenters. The van der Waals surface area contributed by atoms with Crippen LogP contribution in [0.25, 0.3) is 0 Å². The van der Waals surface area contributed by atoms with E-state index >= 15 is 0 Å². The lowest BCUT2D eigenvalue weighted by molar-refractivity contribution is -0.130. The number of nitrogens with one attached hydrogen (secondary N) is 2. The number of hydrogen-bond acceptors (Lipinski definition) is 6. The fourth-order valence-electron chi connectivity index (χ4n) is 3.28. The highest BCUT2D eigenvalue weighted by atomic mass is 16.5. The average Bonchev–Trinajstić information content (AvgIpc) is 2.79. The fraction of sp³-hybridized carbons (Fsp3) is 0.346. The molecule has 2 aromatic rings. The lowest BCUT2D eigenvalue weighted by Crippen LogP contribution is -2.47. The van der Waals surface area contributed by atoms with Crippen molar-refractivity contribution in [3.05, 3.63) is 65.7 Å². The number of para-hydroxylation sites is 1. The summed E-state index contributed by atoms with van der Waals surface area (Å²) in [5.41, 5.74) is 4.65. The molecule has 0 aromatic heterocycles. The molecular formula is C26H33N3O5. The lowest BCUT2D eigenvalue weighted by atomic mass is 10.0. The van der Waals surface area contributed by atoms with Crippen LogP contribution in [-0.4, -0.2) is 42.9 Å². The smallest absolute Gasteiger partial charge is 0.262 e. The minimum absolute atomic E-state index is 0.0382. The molecule has 2 amide bonds. The van der Waals surface area contributed by atoms with Crippen LogP contribution in [0.3, 0.4) is 0 Å². The molecule has 0 bridgehead atoms. The van der Waals surface area contributed by atoms with Gasteiger partial charge in [-0.1, -0.05) is 38.1 Å². The number of aryl methyl sites for hydroxylation is 1. The number of rotatable bonds is 12. The minimum atomic E-state index is -0.768. The van der Waals surface area contributed by atoms with Gasteiger partial charge in [0.1, 0.15) is 11.8 Å². The third kappa shape index (κ3) is 7.95. The quantitative estimate of drug-likeness (QED) is 0.251. The molecule has 0 spiro atoms. The number of benzene rings is 2. The first-order valence-corrected chi connectivity index (χ1v) is 11.1. The number of phenols is 1. The Hall–Kier alpha value is -3.81. The van der Waals surface area contributed by atoms with Gasteiger partial charge in [-0.05, 0) is 55.0 Å². The van der Waals surface area contributed by atoms with Crippen molar-refractivity contribution in [3.8, 4) is 17.2 Å². The van der Waals surface area contributed by atoms with Crippen molar-refractivity contribution in [3.63, 3.8) is 0 Å². The fourth-order valence-corrected chi connectivity index (χ4v) is 3.28. The number of phenolic OH excluding ortho intramolecular Hbond substituents is 1. The van der Waals surface area contributed by atoms with Crippen LogP contribution < -0.4 is 20.2 Å². The van der Waals surface area contributed by atoms with Crippen LogP contribution in [0.4, 0.5) is 0 Å². The summed E-state index contributed by atoms with van der Waals surface area (Å²) >= 11 is 0. The maximum atomic E-state index is 12.7. The van der Waals surface area contributed by atoms with Gasteiger partial charge in [0.2, 0.25) is 0 Å². The standard InChI is InChI=1S/C26H33N3O5/c1-6-9-20-13-19(14-23(33-5)25(20)31)15-27-29-26(32)21(12-17(2)3)28-24(30)16-34-22-11-8-7-10-18(22)4/h6-8,10-11,13-15,17,21,31H,1,9,12,16H2,2-5H3,(H,28,30)(H,29,32)/b27-15-/t21-/m0/s1. The molecule has 182 valence electrons. The Morgan fingerprint density at radius 3 is 2.59 bits per heavy atom. The number of methoxy groups -OCH3 is 1. The predicted molar refractivity (Wildman–Crippen MR) is 132 cm³/mol. The van der Waals surface area contributed by atoms with Crippen LogP contribution in [0.5, 0.6) is 17.2 Å². The summed E-state index contributed by atoms with van der Waals surface area (Å²) in [4.78, 5) is 25.1. The van der Waals surface area contributed by atoms with Gasteiger partial charge in [0.05, 0.1) is 13.3 Å². The van der Waals surface area contributed by atoms with E-state index in [4.69, 9.17) is 9.47 Å². The SMILES string of the molecule is C=CCc1cc(/C=N\NC(=O)[C@H](CC(C)C)NC(=O)COc2ccccc2C)cc(OC)c1O. The largest absolute Gasteiger partial charge is 0.504 e. The van der Waals surface area contributed by atoms with Crippen molar-refractivity contribution in [1.82, 2.24) is 10.7 Å². The number of amides is 2. The monoisotopic (exact) mass is 467 g/mol. The summed E-state index contributed by atoms with van der Waals surface area (Å²) in [6, 6.07) is 9.96. The third-order valence-electron chi connectivity index (χ3n) is 4.96. The molecule has 0 aliphatic carbocycles. The van der Waals surface area contributed by atoms with E-state index in [0.29, 0.717) is 35.5 Å². The molecule has 0 saturated heterocycles. The summed E-state index contributed by atoms with van der Waals surface area (Å²) in [6.07, 6.45) is 4.00. The highest BCUT2D eigenvalue weighted by Crippen LogP contribution is 2.31. The van der Waals surface area contributed by atoms with Crippen molar-refractivity contribution in [2.75, 3.05) is 13.7 Å². The van der Waals surface area contributed by atoms with Gasteiger partial charge in [0, 0.05) is 5.56 Å². The number of carbonyl (C=O) groups excluding carboxylic acids is 2. The molecule has 34 heavy (non-hydrogen) atoms. The minimum Gasteiger partial charge on any atom is -0.504 e. The van der Waals surface area contributed by atoms with E-state index < -0.39 is 17.9 Å². The van der Waals surface area contributed by atoms with Gasteiger partial charge < -0.3 is 19.9 Å². The first-order chi connectivity index (χ1) is 16.2. The maximum absolute atomic E-state index is 12.7. The molecule has 8 heteroatoms. The highest BCUT2D eigenvalue weighted by Gasteiger charge is 2.22. The molecule has 8 nitrogen and oxygen atoms in total. The van der Waals surface area contributed by atoms with Gasteiger partial charge in [-0.3, -0.25) is 9.59 Å². The summed E-state index contributed by atoms with van der Waals surface area (Å²) in [5, 5.41) is 16.9. The van der Waals surface area contributed by atoms with E-state index in [-0.39, 0.29) is 18.3 Å². The van der Waals surface area contributed by atoms with Crippen LogP contribution in [0.15, 0.2) is 54.2 Å². The van der Waals surface area contributed by atoms with E-state index in [2.05, 4.69) is 22.4 Å². The predicted octanol–water partition coefficient (Wildman–Crippen LogP) is 3.50. The van der Waals surface area contributed by atoms with Gasteiger partial charge in [0.15, 0.2) is 18.1 Å². The first kappa shape index (κ1) is 26.4. The molecule has 0 heterocycles. The number of carbonyl (C=O) groups is 2. The van der Waals surface area contributed by atoms with Crippen molar-refractivity contribution in [1.29, 1.82) is 0 Å². The van der Waals surface area contributed by atoms with Crippen LogP contribution in [-0.2, 0) is 16.0 Å². The van der Waals surface area contributed by atoms with Gasteiger partial charge in [-0.15, -0.1) is 6.58 Å². The zero-order chi connectivity index (χ0) is 25.1. The number of hydrazone groups is 1. The van der Waals surface area contributed by atoms with Crippen molar-refractivity contribution < 1.29 is 24.2 Å². The molecule has 3 N–H and O–H groups in total. The van der Waals surface area contributed by atoms with Gasteiger partial charge in [0.25, 0.3) is 11.8 Å². The molecular weight excluding hydrogens is 434 g/mol. The molecule has 0 aliphatic heterocycles. The topological polar surface area (TPSA) is 109 Å². The first-order valence-electron chi connectivity index (χ1n) is 11.1. The second-order valence-corrected chi connectivity index (χ2v) is 8.26. The molecule has 0 radical (unpaired) electrons. The Kier molecular flexibility index (Phi) is 10.1. The van der Waals surface area contributed by atoms with Crippen LogP contribution in [0.1, 0.15) is 37.0 Å². The van der Waals surface area contributed by atoms with Crippen LogP contribution in [0, 0.1) is 12.8 Å². The molecule has 2 rings (SSSR count). The van der Waals surface area contributed by atoms with Crippen LogP contribution in [0.2, 0.25) is 0 Å². The summed E-state index contributed by atoms with van der Waals surface area (Å²) in [6.45, 7) is 9.30. The van der Waals surface area contributed by atoms with E-state index in [9.17, 15) is 14.7 Å². The molecule has 0 saturated carbocycles. The molecule has 0 aliphatic rings. The lowest BCUT2D eigenvalue weighted by Gasteiger charge is -2.19. The summed E-state index contributed by atoms with van der Waals surface area (Å²) in [5.74, 6) is 0.283. The second-order valence-electron chi connectivity index (χ2n) is 8.26. The number of aromatic hydroxyl groups is 1. The van der Waals surface area contributed by atoms with Crippen molar-refractivity contribution in [2.45, 2.75) is 39.7 Å². The van der Waals surface area contributed by atoms with Crippen LogP contribution >= 0.6 is 0 Å². The van der Waals surface area contributed by atoms with Gasteiger partial charge in [-0.25, -0.2) is 5.43 Å². The summed E-state index contributed by atoms with van der Waals surface area (Å²) < 4.78 is 10.8. The number of nitrogens with zero attached hydrogens (tertiary/aromatic N) is 1. The van der Waals surface area contributed by atoms with E-state index in [1.165, 1.54) is 13.3 Å². The van der Waals surface area contributed by atoms with Gasteiger partial charge in [-0.2, -0.15) is 5.10 Å². The Labute approximate surface area is 200 Å². The Morgan fingerprint density at radius 2 is 1.94 bits per heavy atom. The van der Waals surface area contributed by atoms with E-state index in [1.54, 1.807) is 24.3 Å². The molecule has 0 fully saturated rings. The number of hydrogen-bond donors (Lipinski definition) is 3. The zero-order valence-electron chi connectivity index (χ0n) is 20.1. The number of ether oxygens (including phenoxy) is 2. The zero-order valence-corrected chi connectivity index (χ0v) is 20.1. The average molecular weight is 468 g/mol.